The zero-order chi connectivity index (χ0) is 20.9. The lowest BCUT2D eigenvalue weighted by Gasteiger charge is -2.63. The van der Waals surface area contributed by atoms with Crippen molar-refractivity contribution in [1.29, 1.82) is 0 Å². The van der Waals surface area contributed by atoms with Gasteiger partial charge in [-0.25, -0.2) is 0 Å². The molecule has 4 bridgehead atoms. The van der Waals surface area contributed by atoms with Crippen LogP contribution in [0.4, 0.5) is 0 Å². The number of hydrogen-bond donors (Lipinski definition) is 1. The molecule has 30 heavy (non-hydrogen) atoms. The van der Waals surface area contributed by atoms with Crippen molar-refractivity contribution in [1.82, 2.24) is 0 Å². The number of Topliss-reactive ketones (excluding diaryl/α,β-unsaturated/α-hetero) is 1. The van der Waals surface area contributed by atoms with Crippen LogP contribution in [0.3, 0.4) is 0 Å². The standard InChI is InChI=1S/C23H30BNO5/c1-23(2)16-9-8-15(18(23)10-16)11-25-12-17(19(26)13-25)22(27)30-24(25,28)21-20(29-21)14-6-4-3-5-7-14/h3-7,15-18,20-21,28H,8-13H2,1-2H3/t15?,16-,17?,18?,20?,21?,24?,25?/m1/s1. The summed E-state index contributed by atoms with van der Waals surface area (Å²) in [5.74, 6) is 0.465. The van der Waals surface area contributed by atoms with Gasteiger partial charge in [0.1, 0.15) is 6.54 Å². The number of ketones is 1. The third-order valence-corrected chi connectivity index (χ3v) is 9.45. The number of nitrogens with zero attached hydrogens (tertiary/aromatic N) is 1. The van der Waals surface area contributed by atoms with Gasteiger partial charge in [0.25, 0.3) is 5.97 Å². The fourth-order valence-electron chi connectivity index (χ4n) is 7.49. The van der Waals surface area contributed by atoms with Crippen molar-refractivity contribution in [2.24, 2.45) is 29.1 Å². The summed E-state index contributed by atoms with van der Waals surface area (Å²) in [6.07, 6.45) is 3.30. The Morgan fingerprint density at radius 2 is 1.97 bits per heavy atom. The first-order chi connectivity index (χ1) is 14.3. The van der Waals surface area contributed by atoms with Crippen molar-refractivity contribution >= 4 is 18.4 Å². The van der Waals surface area contributed by atoms with Crippen molar-refractivity contribution in [3.8, 4) is 0 Å². The van der Waals surface area contributed by atoms with Gasteiger partial charge in [0.15, 0.2) is 5.92 Å². The average Bonchev–Trinajstić information content (AvgIpc) is 3.47. The Hall–Kier alpha value is -1.70. The molecule has 7 unspecified atom stereocenters. The van der Waals surface area contributed by atoms with Crippen LogP contribution >= 0.6 is 0 Å². The van der Waals surface area contributed by atoms with E-state index in [2.05, 4.69) is 13.8 Å². The number of hydrogen-bond acceptors (Lipinski definition) is 5. The van der Waals surface area contributed by atoms with E-state index < -0.39 is 24.6 Å². The smallest absolute Gasteiger partial charge is 0.556 e. The Morgan fingerprint density at radius 1 is 1.20 bits per heavy atom. The molecular formula is C23H30BNO5. The summed E-state index contributed by atoms with van der Waals surface area (Å²) in [5.41, 5.74) is 1.30. The van der Waals surface area contributed by atoms with Gasteiger partial charge in [-0.1, -0.05) is 44.2 Å². The predicted octanol–water partition coefficient (Wildman–Crippen LogP) is 2.24. The van der Waals surface area contributed by atoms with E-state index in [9.17, 15) is 14.6 Å². The highest BCUT2D eigenvalue weighted by Gasteiger charge is 2.73. The van der Waals surface area contributed by atoms with Gasteiger partial charge in [0.2, 0.25) is 5.78 Å². The first-order valence-corrected chi connectivity index (χ1v) is 11.4. The predicted molar refractivity (Wildman–Crippen MR) is 110 cm³/mol. The van der Waals surface area contributed by atoms with Crippen LogP contribution in [0.1, 0.15) is 44.8 Å². The number of ether oxygens (including phenoxy) is 1. The molecular weight excluding hydrogens is 381 g/mol. The van der Waals surface area contributed by atoms with E-state index in [1.807, 2.05) is 30.3 Å². The minimum atomic E-state index is -2.65. The van der Waals surface area contributed by atoms with Gasteiger partial charge in [-0.05, 0) is 42.1 Å². The number of epoxide rings is 1. The lowest BCUT2D eigenvalue weighted by atomic mass is 9.45. The second-order valence-electron chi connectivity index (χ2n) is 11.1. The summed E-state index contributed by atoms with van der Waals surface area (Å²) in [7, 11) is 0. The van der Waals surface area contributed by atoms with Gasteiger partial charge in [0, 0.05) is 12.5 Å². The molecule has 3 heterocycles. The second kappa shape index (κ2) is 5.96. The number of quaternary nitrogens is 1. The van der Waals surface area contributed by atoms with Gasteiger partial charge >= 0.3 is 6.69 Å². The molecule has 6 aliphatic rings. The van der Waals surface area contributed by atoms with Crippen molar-refractivity contribution in [3.63, 3.8) is 0 Å². The normalized spacial score (nSPS) is 48.1. The number of carbonyl (C=O) groups excluding carboxylic acids is 2. The summed E-state index contributed by atoms with van der Waals surface area (Å²) in [6.45, 7) is 3.32. The summed E-state index contributed by atoms with van der Waals surface area (Å²) in [6, 6.07) is 9.18. The molecule has 8 atom stereocenters. The molecule has 1 aromatic rings. The van der Waals surface area contributed by atoms with Crippen LogP contribution in [0.5, 0.6) is 0 Å². The molecule has 3 aliphatic heterocycles. The highest BCUT2D eigenvalue weighted by Crippen LogP contribution is 2.62. The maximum Gasteiger partial charge on any atom is 0.556 e. The molecule has 3 saturated heterocycles. The van der Waals surface area contributed by atoms with Crippen LogP contribution in [0, 0.1) is 29.1 Å². The Labute approximate surface area is 177 Å². The van der Waals surface area contributed by atoms with Crippen LogP contribution < -0.4 is 0 Å². The van der Waals surface area contributed by atoms with Crippen molar-refractivity contribution in [2.75, 3.05) is 19.6 Å². The molecule has 7 rings (SSSR count). The Kier molecular flexibility index (Phi) is 3.78. The molecule has 160 valence electrons. The fraction of sp³-hybridized carbons (Fsp3) is 0.652. The molecule has 1 aromatic carbocycles. The highest BCUT2D eigenvalue weighted by atomic mass is 16.7. The Balaban J connectivity index is 1.34. The van der Waals surface area contributed by atoms with Crippen molar-refractivity contribution < 1.29 is 28.4 Å². The van der Waals surface area contributed by atoms with E-state index in [0.29, 0.717) is 30.3 Å². The van der Waals surface area contributed by atoms with Gasteiger partial charge < -0.3 is 18.8 Å². The lowest BCUT2D eigenvalue weighted by molar-refractivity contribution is -0.843. The number of rotatable bonds is 4. The molecule has 3 aliphatic carbocycles. The summed E-state index contributed by atoms with van der Waals surface area (Å²) in [4.78, 5) is 25.4. The lowest BCUT2D eigenvalue weighted by Crippen LogP contribution is -2.77. The van der Waals surface area contributed by atoms with Crippen molar-refractivity contribution in [2.45, 2.75) is 45.2 Å². The number of carbonyl (C=O) groups is 2. The largest absolute Gasteiger partial charge is 0.613 e. The third-order valence-electron chi connectivity index (χ3n) is 9.45. The van der Waals surface area contributed by atoms with Gasteiger partial charge in [0.05, 0.1) is 18.7 Å². The van der Waals surface area contributed by atoms with Crippen LogP contribution in [-0.2, 0) is 19.0 Å². The minimum Gasteiger partial charge on any atom is -0.613 e. The maximum absolute atomic E-state index is 12.8. The molecule has 3 saturated carbocycles. The number of benzene rings is 1. The molecule has 0 radical (unpaired) electrons. The SMILES string of the molecule is CC1(C)C2C[C@H]1CCC2C[N+]12CC(=O)C(C1)C(=O)O[B-]2(O)C1OC1c1ccccc1. The summed E-state index contributed by atoms with van der Waals surface area (Å²) in [5, 5.41) is 11.9. The second-order valence-corrected chi connectivity index (χ2v) is 11.1. The topological polar surface area (TPSA) is 76.1 Å². The Bertz CT molecular complexity index is 919. The third kappa shape index (κ3) is 2.37. The van der Waals surface area contributed by atoms with Crippen LogP contribution in [0.2, 0.25) is 0 Å². The van der Waals surface area contributed by atoms with E-state index in [4.69, 9.17) is 9.39 Å². The monoisotopic (exact) mass is 411 g/mol. The van der Waals surface area contributed by atoms with Crippen LogP contribution in [-0.4, -0.2) is 53.5 Å². The van der Waals surface area contributed by atoms with E-state index in [1.54, 1.807) is 0 Å². The number of fused-ring (bicyclic) bond motifs is 4. The maximum atomic E-state index is 12.8. The Morgan fingerprint density at radius 3 is 2.67 bits per heavy atom. The fourth-order valence-corrected chi connectivity index (χ4v) is 7.49. The summed E-state index contributed by atoms with van der Waals surface area (Å²) < 4.78 is 11.9. The van der Waals surface area contributed by atoms with Gasteiger partial charge in [-0.2, -0.15) is 0 Å². The van der Waals surface area contributed by atoms with Crippen LogP contribution in [0.25, 0.3) is 0 Å². The molecule has 0 amide bonds. The average molecular weight is 411 g/mol. The van der Waals surface area contributed by atoms with Crippen molar-refractivity contribution in [3.05, 3.63) is 35.9 Å². The van der Waals surface area contributed by atoms with Gasteiger partial charge in [-0.3, -0.25) is 9.59 Å². The highest BCUT2D eigenvalue weighted by molar-refractivity contribution is 6.63. The first-order valence-electron chi connectivity index (χ1n) is 11.4. The first kappa shape index (κ1) is 19.0. The molecule has 7 heteroatoms. The summed E-state index contributed by atoms with van der Waals surface area (Å²) >= 11 is 0. The quantitative estimate of drug-likeness (QED) is 0.467. The van der Waals surface area contributed by atoms with E-state index >= 15 is 0 Å². The zero-order valence-electron chi connectivity index (χ0n) is 17.7. The van der Waals surface area contributed by atoms with Gasteiger partial charge in [-0.15, -0.1) is 0 Å². The van der Waals surface area contributed by atoms with Crippen LogP contribution in [0.15, 0.2) is 30.3 Å². The van der Waals surface area contributed by atoms with E-state index in [1.165, 1.54) is 12.8 Å². The molecule has 0 aromatic heterocycles. The molecule has 0 spiro atoms. The van der Waals surface area contributed by atoms with E-state index in [0.717, 1.165) is 17.9 Å². The minimum absolute atomic E-state index is 0.0868. The molecule has 6 nitrogen and oxygen atoms in total. The van der Waals surface area contributed by atoms with E-state index in [-0.39, 0.29) is 22.8 Å². The molecule has 6 fully saturated rings. The molecule has 1 N–H and O–H groups in total. The zero-order valence-corrected chi connectivity index (χ0v) is 17.7.